The first-order valence-electron chi connectivity index (χ1n) is 4.80. The first kappa shape index (κ1) is 11.2. The van der Waals surface area contributed by atoms with E-state index >= 15 is 0 Å². The van der Waals surface area contributed by atoms with Crippen LogP contribution in [0.2, 0.25) is 0 Å². The average molecular weight is 228 g/mol. The van der Waals surface area contributed by atoms with Gasteiger partial charge in [-0.05, 0) is 6.07 Å². The van der Waals surface area contributed by atoms with Crippen LogP contribution in [0.15, 0.2) is 23.3 Å². The van der Waals surface area contributed by atoms with Crippen LogP contribution in [0.4, 0.5) is 0 Å². The lowest BCUT2D eigenvalue weighted by molar-refractivity contribution is -0.0549. The zero-order valence-electron chi connectivity index (χ0n) is 8.30. The minimum absolute atomic E-state index is 0.427. The van der Waals surface area contributed by atoms with E-state index in [9.17, 15) is 15.0 Å². The molecule has 1 aromatic heterocycles. The average Bonchev–Trinajstić information content (AvgIpc) is 2.57. The summed E-state index contributed by atoms with van der Waals surface area (Å²) in [5.41, 5.74) is -0.586. The second-order valence-electron chi connectivity index (χ2n) is 3.54. The predicted molar refractivity (Wildman–Crippen MR) is 51.5 cm³/mol. The standard InChI is InChI=1S/C9H12N2O5/c12-4-5-6(13)7(14)8(16-5)11-3-1-2-10-9(11)15/h1-3,5-8,12-14H,4H2/t5-,6+,7?,8-/m0/s1. The summed E-state index contributed by atoms with van der Waals surface area (Å²) >= 11 is 0. The van der Waals surface area contributed by atoms with E-state index in [2.05, 4.69) is 4.98 Å². The Morgan fingerprint density at radius 3 is 2.75 bits per heavy atom. The van der Waals surface area contributed by atoms with E-state index in [0.29, 0.717) is 0 Å². The van der Waals surface area contributed by atoms with Crippen LogP contribution < -0.4 is 5.69 Å². The topological polar surface area (TPSA) is 105 Å². The van der Waals surface area contributed by atoms with Gasteiger partial charge in [0.05, 0.1) is 6.61 Å². The van der Waals surface area contributed by atoms with Crippen molar-refractivity contribution in [3.05, 3.63) is 28.9 Å². The number of ether oxygens (including phenoxy) is 1. The maximum absolute atomic E-state index is 11.4. The smallest absolute Gasteiger partial charge is 0.349 e. The van der Waals surface area contributed by atoms with Gasteiger partial charge in [-0.25, -0.2) is 9.78 Å². The Balaban J connectivity index is 2.30. The summed E-state index contributed by atoms with van der Waals surface area (Å²) in [6.45, 7) is -0.427. The van der Waals surface area contributed by atoms with E-state index in [1.165, 1.54) is 18.5 Å². The number of hydrogen-bond acceptors (Lipinski definition) is 6. The van der Waals surface area contributed by atoms with Crippen LogP contribution in [0.1, 0.15) is 6.23 Å². The predicted octanol–water partition coefficient (Wildman–Crippen LogP) is -2.15. The monoisotopic (exact) mass is 228 g/mol. The molecule has 0 amide bonds. The molecule has 1 aliphatic heterocycles. The number of nitrogens with zero attached hydrogens (tertiary/aromatic N) is 2. The van der Waals surface area contributed by atoms with Crippen molar-refractivity contribution in [2.45, 2.75) is 24.5 Å². The molecule has 7 nitrogen and oxygen atoms in total. The molecule has 0 radical (unpaired) electrons. The van der Waals surface area contributed by atoms with Crippen molar-refractivity contribution in [2.24, 2.45) is 0 Å². The molecule has 88 valence electrons. The largest absolute Gasteiger partial charge is 0.394 e. The van der Waals surface area contributed by atoms with Crippen molar-refractivity contribution >= 4 is 0 Å². The lowest BCUT2D eigenvalue weighted by atomic mass is 10.1. The van der Waals surface area contributed by atoms with Gasteiger partial charge in [0.1, 0.15) is 18.3 Å². The number of hydrogen-bond donors (Lipinski definition) is 3. The maximum atomic E-state index is 11.4. The Kier molecular flexibility index (Phi) is 3.01. The second-order valence-corrected chi connectivity index (χ2v) is 3.54. The highest BCUT2D eigenvalue weighted by Crippen LogP contribution is 2.27. The Morgan fingerprint density at radius 1 is 1.44 bits per heavy atom. The Labute approximate surface area is 90.6 Å². The highest BCUT2D eigenvalue weighted by Gasteiger charge is 2.43. The molecule has 0 bridgehead atoms. The summed E-state index contributed by atoms with van der Waals surface area (Å²) in [5.74, 6) is 0. The van der Waals surface area contributed by atoms with Gasteiger partial charge in [0.15, 0.2) is 6.23 Å². The highest BCUT2D eigenvalue weighted by molar-refractivity contribution is 4.92. The van der Waals surface area contributed by atoms with Gasteiger partial charge in [-0.2, -0.15) is 0 Å². The lowest BCUT2D eigenvalue weighted by Gasteiger charge is -2.16. The minimum Gasteiger partial charge on any atom is -0.394 e. The Hall–Kier alpha value is -1.28. The van der Waals surface area contributed by atoms with E-state index in [-0.39, 0.29) is 0 Å². The van der Waals surface area contributed by atoms with Crippen molar-refractivity contribution in [1.82, 2.24) is 9.55 Å². The van der Waals surface area contributed by atoms with Crippen LogP contribution in [0.3, 0.4) is 0 Å². The Morgan fingerprint density at radius 2 is 2.19 bits per heavy atom. The van der Waals surface area contributed by atoms with Crippen molar-refractivity contribution in [1.29, 1.82) is 0 Å². The molecule has 0 aromatic carbocycles. The fraction of sp³-hybridized carbons (Fsp3) is 0.556. The maximum Gasteiger partial charge on any atom is 0.349 e. The SMILES string of the molecule is O=c1ncccn1[C@H]1O[C@@H](CO)[C@@H](O)C1O. The van der Waals surface area contributed by atoms with Crippen molar-refractivity contribution < 1.29 is 20.1 Å². The van der Waals surface area contributed by atoms with E-state index in [1.807, 2.05) is 0 Å². The number of aliphatic hydroxyl groups excluding tert-OH is 3. The fourth-order valence-electron chi connectivity index (χ4n) is 1.67. The molecule has 0 saturated carbocycles. The first-order valence-corrected chi connectivity index (χ1v) is 4.80. The van der Waals surface area contributed by atoms with Crippen LogP contribution in [0.25, 0.3) is 0 Å². The van der Waals surface area contributed by atoms with Crippen LogP contribution in [0, 0.1) is 0 Å². The van der Waals surface area contributed by atoms with Crippen LogP contribution >= 0.6 is 0 Å². The molecule has 4 atom stereocenters. The van der Waals surface area contributed by atoms with Crippen molar-refractivity contribution in [3.8, 4) is 0 Å². The summed E-state index contributed by atoms with van der Waals surface area (Å²) in [5, 5.41) is 28.1. The molecule has 1 saturated heterocycles. The van der Waals surface area contributed by atoms with Crippen molar-refractivity contribution in [3.63, 3.8) is 0 Å². The number of rotatable bonds is 2. The second kappa shape index (κ2) is 4.30. The van der Waals surface area contributed by atoms with Crippen molar-refractivity contribution in [2.75, 3.05) is 6.61 Å². The van der Waals surface area contributed by atoms with Gasteiger partial charge in [-0.1, -0.05) is 0 Å². The third-order valence-electron chi connectivity index (χ3n) is 2.53. The summed E-state index contributed by atoms with van der Waals surface area (Å²) in [6, 6.07) is 1.51. The molecule has 0 aliphatic carbocycles. The van der Waals surface area contributed by atoms with Gasteiger partial charge in [-0.15, -0.1) is 0 Å². The zero-order valence-corrected chi connectivity index (χ0v) is 8.30. The number of aromatic nitrogens is 2. The molecule has 16 heavy (non-hydrogen) atoms. The van der Waals surface area contributed by atoms with Crippen LogP contribution in [0.5, 0.6) is 0 Å². The molecule has 1 fully saturated rings. The molecule has 0 spiro atoms. The van der Waals surface area contributed by atoms with E-state index in [1.54, 1.807) is 0 Å². The molecule has 2 heterocycles. The van der Waals surface area contributed by atoms with Gasteiger partial charge in [0.2, 0.25) is 0 Å². The fourth-order valence-corrected chi connectivity index (χ4v) is 1.67. The zero-order chi connectivity index (χ0) is 11.7. The van der Waals surface area contributed by atoms with Gasteiger partial charge < -0.3 is 20.1 Å². The normalized spacial score (nSPS) is 34.2. The lowest BCUT2D eigenvalue weighted by Crippen LogP contribution is -2.35. The van der Waals surface area contributed by atoms with Crippen LogP contribution in [-0.4, -0.2) is 49.8 Å². The minimum atomic E-state index is -1.26. The third kappa shape index (κ3) is 1.74. The quantitative estimate of drug-likeness (QED) is 0.533. The summed E-state index contributed by atoms with van der Waals surface area (Å²) in [6.07, 6.45) is -1.68. The van der Waals surface area contributed by atoms with E-state index in [0.717, 1.165) is 4.57 Å². The third-order valence-corrected chi connectivity index (χ3v) is 2.53. The van der Waals surface area contributed by atoms with Gasteiger partial charge in [0.25, 0.3) is 0 Å². The molecule has 7 heteroatoms. The summed E-state index contributed by atoms with van der Waals surface area (Å²) in [4.78, 5) is 14.9. The molecule has 2 rings (SSSR count). The molecular weight excluding hydrogens is 216 g/mol. The number of aliphatic hydroxyl groups is 3. The van der Waals surface area contributed by atoms with E-state index in [4.69, 9.17) is 9.84 Å². The highest BCUT2D eigenvalue weighted by atomic mass is 16.6. The molecular formula is C9H12N2O5. The molecule has 1 aliphatic rings. The van der Waals surface area contributed by atoms with Gasteiger partial charge >= 0.3 is 5.69 Å². The summed E-state index contributed by atoms with van der Waals surface area (Å²) < 4.78 is 6.25. The summed E-state index contributed by atoms with van der Waals surface area (Å²) in [7, 11) is 0. The Bertz CT molecular complexity index is 420. The van der Waals surface area contributed by atoms with Gasteiger partial charge in [0, 0.05) is 12.4 Å². The van der Waals surface area contributed by atoms with Gasteiger partial charge in [-0.3, -0.25) is 4.57 Å². The van der Waals surface area contributed by atoms with Crippen LogP contribution in [-0.2, 0) is 4.74 Å². The molecule has 3 N–H and O–H groups in total. The molecule has 1 unspecified atom stereocenters. The van der Waals surface area contributed by atoms with E-state index < -0.39 is 36.8 Å². The first-order chi connectivity index (χ1) is 7.65. The molecule has 1 aromatic rings.